The maximum Gasteiger partial charge on any atom is 0.238 e. The van der Waals surface area contributed by atoms with Crippen LogP contribution >= 0.6 is 28.1 Å². The maximum absolute atomic E-state index is 12.6. The lowest BCUT2D eigenvalue weighted by molar-refractivity contribution is -0.122. The molecule has 0 unspecified atom stereocenters. The van der Waals surface area contributed by atoms with Crippen LogP contribution in [0.15, 0.2) is 22.8 Å². The van der Waals surface area contributed by atoms with E-state index >= 15 is 0 Å². The van der Waals surface area contributed by atoms with Gasteiger partial charge in [-0.3, -0.25) is 4.79 Å². The fourth-order valence-corrected chi connectivity index (χ4v) is 3.13. The highest BCUT2D eigenvalue weighted by atomic mass is 79.9. The minimum atomic E-state index is -0.722. The van der Waals surface area contributed by atoms with Crippen LogP contribution in [-0.4, -0.2) is 15.9 Å². The summed E-state index contributed by atoms with van der Waals surface area (Å²) in [5, 5.41) is 2.85. The van der Waals surface area contributed by atoms with E-state index in [2.05, 4.69) is 26.2 Å². The number of anilines is 1. The van der Waals surface area contributed by atoms with Crippen molar-refractivity contribution in [2.24, 2.45) is 11.1 Å². The van der Waals surface area contributed by atoms with Crippen LogP contribution in [0.5, 0.6) is 0 Å². The summed E-state index contributed by atoms with van der Waals surface area (Å²) < 4.78 is 0.869. The molecule has 0 aliphatic heterocycles. The molecule has 0 bridgehead atoms. The Kier molecular flexibility index (Phi) is 5.10. The summed E-state index contributed by atoms with van der Waals surface area (Å²) in [5.41, 5.74) is 5.17. The third-order valence-corrected chi connectivity index (χ3v) is 4.69. The van der Waals surface area contributed by atoms with Gasteiger partial charge in [0.05, 0.1) is 10.4 Å². The number of aromatic nitrogens is 1. The van der Waals surface area contributed by atoms with Crippen LogP contribution in [0, 0.1) is 5.41 Å². The van der Waals surface area contributed by atoms with E-state index in [-0.39, 0.29) is 5.91 Å². The van der Waals surface area contributed by atoms with Crippen LogP contribution in [0.3, 0.4) is 0 Å². The Bertz CT molecular complexity index is 496. The molecule has 0 aromatic carbocycles. The summed E-state index contributed by atoms with van der Waals surface area (Å²) in [4.78, 5) is 17.1. The molecule has 20 heavy (non-hydrogen) atoms. The number of hydrogen-bond donors (Lipinski definition) is 2. The molecule has 4 nitrogen and oxygen atoms in total. The van der Waals surface area contributed by atoms with Crippen molar-refractivity contribution in [2.45, 2.75) is 38.5 Å². The van der Waals surface area contributed by atoms with Crippen LogP contribution in [0.1, 0.15) is 38.5 Å². The summed E-state index contributed by atoms with van der Waals surface area (Å²) in [6.07, 6.45) is 7.34. The first-order chi connectivity index (χ1) is 9.54. The van der Waals surface area contributed by atoms with Gasteiger partial charge in [-0.1, -0.05) is 37.9 Å². The number of pyridine rings is 1. The maximum atomic E-state index is 12.6. The standard InChI is InChI=1S/C14H18BrN3OS/c15-10-5-6-11(17-9-10)18-13(19)14(12(16)20)7-3-1-2-4-8-14/h5-6,9H,1-4,7-8H2,(H2,16,20)(H,17,18,19). The Labute approximate surface area is 132 Å². The first-order valence-corrected chi connectivity index (χ1v) is 7.98. The Hall–Kier alpha value is -1.01. The van der Waals surface area contributed by atoms with Gasteiger partial charge < -0.3 is 11.1 Å². The molecule has 0 atom stereocenters. The molecule has 1 heterocycles. The molecule has 1 aromatic rings. The molecule has 1 fully saturated rings. The van der Waals surface area contributed by atoms with Crippen molar-refractivity contribution in [3.8, 4) is 0 Å². The van der Waals surface area contributed by atoms with Crippen molar-refractivity contribution >= 4 is 44.9 Å². The number of nitrogens with zero attached hydrogens (tertiary/aromatic N) is 1. The van der Waals surface area contributed by atoms with Gasteiger partial charge >= 0.3 is 0 Å². The number of rotatable bonds is 3. The molecule has 108 valence electrons. The predicted molar refractivity (Wildman–Crippen MR) is 87.5 cm³/mol. The number of carbonyl (C=O) groups is 1. The minimum Gasteiger partial charge on any atom is -0.392 e. The van der Waals surface area contributed by atoms with Crippen molar-refractivity contribution < 1.29 is 4.79 Å². The van der Waals surface area contributed by atoms with E-state index in [0.29, 0.717) is 10.8 Å². The topological polar surface area (TPSA) is 68.0 Å². The predicted octanol–water partition coefficient (Wildman–Crippen LogP) is 3.41. The lowest BCUT2D eigenvalue weighted by Crippen LogP contribution is -2.45. The average Bonchev–Trinajstić information content (AvgIpc) is 2.68. The van der Waals surface area contributed by atoms with Gasteiger partial charge in [-0.15, -0.1) is 0 Å². The quantitative estimate of drug-likeness (QED) is 0.643. The second-order valence-corrected chi connectivity index (χ2v) is 6.53. The third-order valence-electron chi connectivity index (χ3n) is 3.83. The SMILES string of the molecule is NC(=S)C1(C(=O)Nc2ccc(Br)cn2)CCCCCC1. The number of carbonyl (C=O) groups excluding carboxylic acids is 1. The summed E-state index contributed by atoms with van der Waals surface area (Å²) in [5.74, 6) is 0.403. The molecular formula is C14H18BrN3OS. The smallest absolute Gasteiger partial charge is 0.238 e. The average molecular weight is 356 g/mol. The summed E-state index contributed by atoms with van der Waals surface area (Å²) in [6.45, 7) is 0. The molecule has 1 aliphatic rings. The van der Waals surface area contributed by atoms with Gasteiger partial charge in [0.2, 0.25) is 5.91 Å². The number of hydrogen-bond acceptors (Lipinski definition) is 3. The molecule has 1 amide bonds. The van der Waals surface area contributed by atoms with Crippen molar-refractivity contribution in [3.05, 3.63) is 22.8 Å². The Morgan fingerprint density at radius 3 is 2.45 bits per heavy atom. The zero-order valence-corrected chi connectivity index (χ0v) is 13.6. The van der Waals surface area contributed by atoms with Gasteiger partial charge in [0.1, 0.15) is 5.82 Å². The lowest BCUT2D eigenvalue weighted by Gasteiger charge is -2.29. The summed E-state index contributed by atoms with van der Waals surface area (Å²) in [7, 11) is 0. The van der Waals surface area contributed by atoms with E-state index < -0.39 is 5.41 Å². The van der Waals surface area contributed by atoms with Crippen LogP contribution in [-0.2, 0) is 4.79 Å². The molecule has 3 N–H and O–H groups in total. The van der Waals surface area contributed by atoms with Gasteiger partial charge in [-0.25, -0.2) is 4.98 Å². The largest absolute Gasteiger partial charge is 0.392 e. The Morgan fingerprint density at radius 1 is 1.30 bits per heavy atom. The number of amides is 1. The fraction of sp³-hybridized carbons (Fsp3) is 0.500. The second-order valence-electron chi connectivity index (χ2n) is 5.18. The third kappa shape index (κ3) is 3.35. The first-order valence-electron chi connectivity index (χ1n) is 6.77. The Morgan fingerprint density at radius 2 is 1.95 bits per heavy atom. The molecule has 6 heteroatoms. The van der Waals surface area contributed by atoms with Gasteiger partial charge in [-0.2, -0.15) is 0 Å². The molecule has 1 saturated carbocycles. The van der Waals surface area contributed by atoms with Crippen LogP contribution in [0.25, 0.3) is 0 Å². The first kappa shape index (κ1) is 15.4. The monoisotopic (exact) mass is 355 g/mol. The van der Waals surface area contributed by atoms with Crippen molar-refractivity contribution in [2.75, 3.05) is 5.32 Å². The van der Waals surface area contributed by atoms with Crippen molar-refractivity contribution in [1.82, 2.24) is 4.98 Å². The van der Waals surface area contributed by atoms with E-state index in [9.17, 15) is 4.79 Å². The number of thiocarbonyl (C=S) groups is 1. The normalized spacial score (nSPS) is 18.1. The molecule has 0 radical (unpaired) electrons. The summed E-state index contributed by atoms with van der Waals surface area (Å²) >= 11 is 8.51. The summed E-state index contributed by atoms with van der Waals surface area (Å²) in [6, 6.07) is 3.59. The van der Waals surface area contributed by atoms with Crippen LogP contribution < -0.4 is 11.1 Å². The van der Waals surface area contributed by atoms with Gasteiger partial charge in [-0.05, 0) is 40.9 Å². The zero-order valence-electron chi connectivity index (χ0n) is 11.2. The number of nitrogens with two attached hydrogens (primary N) is 1. The van der Waals surface area contributed by atoms with E-state index in [0.717, 1.165) is 43.0 Å². The number of halogens is 1. The van der Waals surface area contributed by atoms with Gasteiger partial charge in [0.25, 0.3) is 0 Å². The highest BCUT2D eigenvalue weighted by Crippen LogP contribution is 2.36. The van der Waals surface area contributed by atoms with Gasteiger partial charge in [0.15, 0.2) is 0 Å². The molecule has 1 aromatic heterocycles. The van der Waals surface area contributed by atoms with Gasteiger partial charge in [0, 0.05) is 10.7 Å². The Balaban J connectivity index is 2.18. The van der Waals surface area contributed by atoms with Crippen LogP contribution in [0.2, 0.25) is 0 Å². The van der Waals surface area contributed by atoms with Crippen LogP contribution in [0.4, 0.5) is 5.82 Å². The highest BCUT2D eigenvalue weighted by molar-refractivity contribution is 9.10. The molecule has 1 aliphatic carbocycles. The molecule has 0 saturated heterocycles. The van der Waals surface area contributed by atoms with E-state index in [1.54, 1.807) is 12.3 Å². The van der Waals surface area contributed by atoms with E-state index in [1.165, 1.54) is 0 Å². The highest BCUT2D eigenvalue weighted by Gasteiger charge is 2.41. The van der Waals surface area contributed by atoms with Crippen molar-refractivity contribution in [3.63, 3.8) is 0 Å². The number of nitrogens with one attached hydrogen (secondary N) is 1. The minimum absolute atomic E-state index is 0.123. The zero-order chi connectivity index (χ0) is 14.6. The van der Waals surface area contributed by atoms with E-state index in [1.807, 2.05) is 6.07 Å². The molecule has 2 rings (SSSR count). The van der Waals surface area contributed by atoms with E-state index in [4.69, 9.17) is 18.0 Å². The second kappa shape index (κ2) is 6.63. The fourth-order valence-electron chi connectivity index (χ4n) is 2.60. The molecular weight excluding hydrogens is 338 g/mol. The van der Waals surface area contributed by atoms with Crippen molar-refractivity contribution in [1.29, 1.82) is 0 Å². The molecule has 0 spiro atoms. The lowest BCUT2D eigenvalue weighted by atomic mass is 9.79.